The van der Waals surface area contributed by atoms with Gasteiger partial charge < -0.3 is 5.32 Å². The van der Waals surface area contributed by atoms with Crippen LogP contribution in [0, 0.1) is 0 Å². The number of nitrogens with zero attached hydrogens (tertiary/aromatic N) is 4. The summed E-state index contributed by atoms with van der Waals surface area (Å²) in [5.41, 5.74) is 2.62. The quantitative estimate of drug-likeness (QED) is 0.703. The number of para-hydroxylation sites is 1. The van der Waals surface area contributed by atoms with E-state index in [1.54, 1.807) is 10.9 Å². The van der Waals surface area contributed by atoms with E-state index in [4.69, 9.17) is 0 Å². The van der Waals surface area contributed by atoms with Crippen molar-refractivity contribution in [3.8, 4) is 0 Å². The highest BCUT2D eigenvalue weighted by Gasteiger charge is 2.32. The minimum atomic E-state index is -0.183. The number of carbonyl (C=O) groups excluding carboxylic acids is 1. The molecule has 1 amide bonds. The summed E-state index contributed by atoms with van der Waals surface area (Å²) in [4.78, 5) is 12.9. The van der Waals surface area contributed by atoms with Crippen LogP contribution < -0.4 is 10.3 Å². The van der Waals surface area contributed by atoms with Gasteiger partial charge in [0.25, 0.3) is 5.91 Å². The van der Waals surface area contributed by atoms with Crippen LogP contribution in [0.4, 0.5) is 11.5 Å². The number of carbonyl (C=O) groups is 1. The van der Waals surface area contributed by atoms with E-state index in [-0.39, 0.29) is 11.9 Å². The summed E-state index contributed by atoms with van der Waals surface area (Å²) < 4.78 is 1.80. The average Bonchev–Trinajstić information content (AvgIpc) is 3.37. The molecule has 6 nitrogen and oxygen atoms in total. The van der Waals surface area contributed by atoms with Crippen LogP contribution in [0.2, 0.25) is 0 Å². The van der Waals surface area contributed by atoms with E-state index in [9.17, 15) is 4.79 Å². The van der Waals surface area contributed by atoms with Crippen LogP contribution in [0.3, 0.4) is 0 Å². The van der Waals surface area contributed by atoms with Crippen LogP contribution >= 0.6 is 0 Å². The van der Waals surface area contributed by atoms with E-state index in [1.165, 1.54) is 0 Å². The molecule has 2 aromatic carbocycles. The monoisotopic (exact) mass is 373 g/mol. The second-order valence-electron chi connectivity index (χ2n) is 6.75. The third kappa shape index (κ3) is 3.67. The van der Waals surface area contributed by atoms with E-state index in [0.29, 0.717) is 18.0 Å². The summed E-state index contributed by atoms with van der Waals surface area (Å²) in [6, 6.07) is 21.9. The van der Waals surface area contributed by atoms with Gasteiger partial charge in [-0.05, 0) is 24.1 Å². The molecule has 0 saturated heterocycles. The van der Waals surface area contributed by atoms with Crippen LogP contribution in [0.15, 0.2) is 78.0 Å². The second-order valence-corrected chi connectivity index (χ2v) is 6.75. The number of amides is 1. The molecule has 1 aliphatic rings. The number of hydrogen-bond donors (Lipinski definition) is 1. The van der Waals surface area contributed by atoms with Gasteiger partial charge in [0.2, 0.25) is 0 Å². The van der Waals surface area contributed by atoms with Gasteiger partial charge in [-0.3, -0.25) is 9.80 Å². The fourth-order valence-corrected chi connectivity index (χ4v) is 3.42. The number of anilines is 2. The van der Waals surface area contributed by atoms with E-state index < -0.39 is 0 Å². The Morgan fingerprint density at radius 3 is 2.50 bits per heavy atom. The van der Waals surface area contributed by atoms with Crippen LogP contribution in [-0.4, -0.2) is 21.4 Å². The number of benzene rings is 2. The Kier molecular flexibility index (Phi) is 5.19. The van der Waals surface area contributed by atoms with Gasteiger partial charge in [0.1, 0.15) is 11.5 Å². The number of hydrazone groups is 1. The first-order valence-electron chi connectivity index (χ1n) is 9.56. The number of rotatable bonds is 6. The first-order valence-corrected chi connectivity index (χ1v) is 9.56. The maximum Gasteiger partial charge on any atom is 0.273 e. The third-order valence-corrected chi connectivity index (χ3v) is 4.77. The molecule has 28 heavy (non-hydrogen) atoms. The largest absolute Gasteiger partial charge is 0.306 e. The fraction of sp³-hybridized carbons (Fsp3) is 0.227. The summed E-state index contributed by atoms with van der Waals surface area (Å²) in [6.45, 7) is 2.84. The van der Waals surface area contributed by atoms with Gasteiger partial charge in [-0.2, -0.15) is 10.2 Å². The topological polar surface area (TPSA) is 62.5 Å². The molecule has 0 radical (unpaired) electrons. The Bertz CT molecular complexity index is 965. The molecule has 0 spiro atoms. The predicted octanol–water partition coefficient (Wildman–Crippen LogP) is 4.24. The number of nitrogens with one attached hydrogen (secondary N) is 1. The molecule has 0 bridgehead atoms. The minimum absolute atomic E-state index is 0.00935. The number of aromatic nitrogens is 2. The van der Waals surface area contributed by atoms with E-state index >= 15 is 0 Å². The molecule has 1 atom stereocenters. The molecule has 0 fully saturated rings. The van der Waals surface area contributed by atoms with Crippen molar-refractivity contribution in [2.75, 3.05) is 10.3 Å². The SMILES string of the molecule is CCCn1nccc1NC(=O)C1=NN(c2ccccc2)C(c2ccccc2)C1. The highest BCUT2D eigenvalue weighted by atomic mass is 16.2. The van der Waals surface area contributed by atoms with Crippen molar-refractivity contribution >= 4 is 23.1 Å². The van der Waals surface area contributed by atoms with Crippen LogP contribution in [0.1, 0.15) is 31.4 Å². The summed E-state index contributed by atoms with van der Waals surface area (Å²) in [6.07, 6.45) is 3.20. The highest BCUT2D eigenvalue weighted by Crippen LogP contribution is 2.35. The van der Waals surface area contributed by atoms with Crippen molar-refractivity contribution in [1.82, 2.24) is 9.78 Å². The van der Waals surface area contributed by atoms with Crippen molar-refractivity contribution < 1.29 is 4.79 Å². The van der Waals surface area contributed by atoms with Crippen molar-refractivity contribution in [3.63, 3.8) is 0 Å². The molecule has 0 aliphatic carbocycles. The van der Waals surface area contributed by atoms with Gasteiger partial charge in [-0.15, -0.1) is 0 Å². The Morgan fingerprint density at radius 2 is 1.79 bits per heavy atom. The maximum absolute atomic E-state index is 12.9. The smallest absolute Gasteiger partial charge is 0.273 e. The number of hydrogen-bond acceptors (Lipinski definition) is 4. The first-order chi connectivity index (χ1) is 13.8. The lowest BCUT2D eigenvalue weighted by atomic mass is 10.0. The normalized spacial score (nSPS) is 16.1. The summed E-state index contributed by atoms with van der Waals surface area (Å²) >= 11 is 0. The lowest BCUT2D eigenvalue weighted by Crippen LogP contribution is -2.23. The zero-order chi connectivity index (χ0) is 19.3. The molecule has 1 aliphatic heterocycles. The predicted molar refractivity (Wildman–Crippen MR) is 111 cm³/mol. The maximum atomic E-state index is 12.9. The summed E-state index contributed by atoms with van der Waals surface area (Å²) in [7, 11) is 0. The van der Waals surface area contributed by atoms with Gasteiger partial charge in [0, 0.05) is 19.0 Å². The molecule has 0 saturated carbocycles. The van der Waals surface area contributed by atoms with Crippen molar-refractivity contribution in [2.24, 2.45) is 5.10 Å². The van der Waals surface area contributed by atoms with Crippen LogP contribution in [0.25, 0.3) is 0 Å². The van der Waals surface area contributed by atoms with E-state index in [0.717, 1.165) is 24.2 Å². The molecular weight excluding hydrogens is 350 g/mol. The molecule has 1 N–H and O–H groups in total. The van der Waals surface area contributed by atoms with Crippen molar-refractivity contribution in [2.45, 2.75) is 32.4 Å². The van der Waals surface area contributed by atoms with Gasteiger partial charge in [0.15, 0.2) is 0 Å². The third-order valence-electron chi connectivity index (χ3n) is 4.77. The van der Waals surface area contributed by atoms with Gasteiger partial charge in [-0.1, -0.05) is 55.5 Å². The van der Waals surface area contributed by atoms with Crippen LogP contribution in [0.5, 0.6) is 0 Å². The zero-order valence-electron chi connectivity index (χ0n) is 15.8. The standard InChI is InChI=1S/C22H23N5O/c1-2-15-26-21(13-14-23-26)24-22(28)19-16-20(17-9-5-3-6-10-17)27(25-19)18-11-7-4-8-12-18/h3-14,20H,2,15-16H2,1H3,(H,24,28). The molecule has 1 unspecified atom stereocenters. The Morgan fingerprint density at radius 1 is 1.07 bits per heavy atom. The van der Waals surface area contributed by atoms with E-state index in [1.807, 2.05) is 59.6 Å². The molecule has 3 aromatic rings. The summed E-state index contributed by atoms with van der Waals surface area (Å²) in [5, 5.41) is 13.8. The van der Waals surface area contributed by atoms with Crippen LogP contribution in [-0.2, 0) is 11.3 Å². The Hall–Kier alpha value is -3.41. The average molecular weight is 373 g/mol. The molecule has 4 rings (SSSR count). The number of aryl methyl sites for hydroxylation is 1. The Labute approximate surface area is 164 Å². The lowest BCUT2D eigenvalue weighted by Gasteiger charge is -2.23. The molecule has 1 aromatic heterocycles. The molecule has 6 heteroatoms. The Balaban J connectivity index is 1.60. The lowest BCUT2D eigenvalue weighted by molar-refractivity contribution is -0.110. The highest BCUT2D eigenvalue weighted by molar-refractivity contribution is 6.43. The molecule has 142 valence electrons. The summed E-state index contributed by atoms with van der Waals surface area (Å²) in [5.74, 6) is 0.515. The van der Waals surface area contributed by atoms with Gasteiger partial charge in [0.05, 0.1) is 17.9 Å². The fourth-order valence-electron chi connectivity index (χ4n) is 3.42. The molecular formula is C22H23N5O. The minimum Gasteiger partial charge on any atom is -0.306 e. The van der Waals surface area contributed by atoms with Gasteiger partial charge >= 0.3 is 0 Å². The van der Waals surface area contributed by atoms with Crippen molar-refractivity contribution in [3.05, 3.63) is 78.5 Å². The van der Waals surface area contributed by atoms with Crippen molar-refractivity contribution in [1.29, 1.82) is 0 Å². The second kappa shape index (κ2) is 8.08. The molecule has 2 heterocycles. The van der Waals surface area contributed by atoms with E-state index in [2.05, 4.69) is 34.6 Å². The van der Waals surface area contributed by atoms with Gasteiger partial charge in [-0.25, -0.2) is 4.68 Å². The first kappa shape index (κ1) is 18.0. The zero-order valence-corrected chi connectivity index (χ0v) is 15.8.